The summed E-state index contributed by atoms with van der Waals surface area (Å²) in [4.78, 5) is 37.0. The average Bonchev–Trinajstić information content (AvgIpc) is 3.08. The van der Waals surface area contributed by atoms with Crippen molar-refractivity contribution in [2.75, 3.05) is 6.61 Å². The fraction of sp³-hybridized carbons (Fsp3) is 0.464. The molecular weight excluding hydrogens is 444 g/mol. The van der Waals surface area contributed by atoms with Crippen molar-refractivity contribution in [3.05, 3.63) is 59.7 Å². The monoisotopic (exact) mass is 480 g/mol. The third-order valence-electron chi connectivity index (χ3n) is 6.19. The molecule has 2 aromatic carbocycles. The minimum absolute atomic E-state index is 0.0776. The molecule has 0 aromatic heterocycles. The van der Waals surface area contributed by atoms with Gasteiger partial charge in [0.2, 0.25) is 5.91 Å². The Morgan fingerprint density at radius 3 is 1.97 bits per heavy atom. The normalized spacial score (nSPS) is 14.6. The molecule has 0 heterocycles. The number of hydrogen-bond donors (Lipinski definition) is 3. The Kier molecular flexibility index (Phi) is 8.20. The van der Waals surface area contributed by atoms with E-state index in [0.717, 1.165) is 22.3 Å². The molecule has 1 aliphatic rings. The molecule has 7 heteroatoms. The van der Waals surface area contributed by atoms with Gasteiger partial charge in [-0.25, -0.2) is 4.79 Å². The molecule has 0 spiro atoms. The summed E-state index contributed by atoms with van der Waals surface area (Å²) in [5.74, 6) is -1.68. The van der Waals surface area contributed by atoms with Crippen molar-refractivity contribution < 1.29 is 24.2 Å². The van der Waals surface area contributed by atoms with Crippen LogP contribution in [0.5, 0.6) is 0 Å². The first-order valence-corrected chi connectivity index (χ1v) is 12.1. The van der Waals surface area contributed by atoms with Gasteiger partial charge in [-0.15, -0.1) is 0 Å². The Morgan fingerprint density at radius 1 is 0.943 bits per heavy atom. The largest absolute Gasteiger partial charge is 0.481 e. The highest BCUT2D eigenvalue weighted by Crippen LogP contribution is 2.44. The Balaban J connectivity index is 1.65. The van der Waals surface area contributed by atoms with Crippen LogP contribution in [0.25, 0.3) is 11.1 Å². The molecule has 1 aliphatic carbocycles. The summed E-state index contributed by atoms with van der Waals surface area (Å²) in [6, 6.07) is 14.8. The van der Waals surface area contributed by atoms with Crippen LogP contribution in [-0.4, -0.2) is 41.8 Å². The van der Waals surface area contributed by atoms with Gasteiger partial charge in [0.15, 0.2) is 0 Å². The molecule has 188 valence electrons. The fourth-order valence-electron chi connectivity index (χ4n) is 4.72. The summed E-state index contributed by atoms with van der Waals surface area (Å²) in [7, 11) is 0. The molecule has 0 fully saturated rings. The smallest absolute Gasteiger partial charge is 0.407 e. The number of rotatable bonds is 9. The highest BCUT2D eigenvalue weighted by atomic mass is 16.5. The lowest BCUT2D eigenvalue weighted by Gasteiger charge is -2.29. The van der Waals surface area contributed by atoms with Gasteiger partial charge in [0.25, 0.3) is 0 Å². The summed E-state index contributed by atoms with van der Waals surface area (Å²) < 4.78 is 5.60. The molecule has 0 aliphatic heterocycles. The second kappa shape index (κ2) is 10.9. The van der Waals surface area contributed by atoms with Gasteiger partial charge in [0.05, 0.1) is 6.42 Å². The molecule has 0 saturated carbocycles. The molecule has 7 nitrogen and oxygen atoms in total. The first-order valence-electron chi connectivity index (χ1n) is 12.1. The highest BCUT2D eigenvalue weighted by molar-refractivity contribution is 5.86. The van der Waals surface area contributed by atoms with Crippen LogP contribution in [0.1, 0.15) is 64.5 Å². The molecule has 3 rings (SSSR count). The summed E-state index contributed by atoms with van der Waals surface area (Å²) in [6.45, 7) is 9.76. The average molecular weight is 481 g/mol. The van der Waals surface area contributed by atoms with Crippen molar-refractivity contribution in [2.45, 2.75) is 65.5 Å². The number of carboxylic acid groups (broad SMARTS) is 1. The Bertz CT molecular complexity index is 1030. The number of amides is 2. The first kappa shape index (κ1) is 26.3. The summed E-state index contributed by atoms with van der Waals surface area (Å²) in [5, 5.41) is 14.8. The zero-order valence-corrected chi connectivity index (χ0v) is 21.1. The zero-order chi connectivity index (χ0) is 25.8. The lowest BCUT2D eigenvalue weighted by Crippen LogP contribution is -2.53. The van der Waals surface area contributed by atoms with Crippen molar-refractivity contribution in [3.8, 4) is 11.1 Å². The minimum atomic E-state index is -0.981. The van der Waals surface area contributed by atoms with Gasteiger partial charge < -0.3 is 20.5 Å². The maximum Gasteiger partial charge on any atom is 0.407 e. The maximum absolute atomic E-state index is 13.0. The number of carbonyl (C=O) groups excluding carboxylic acids is 2. The number of carbonyl (C=O) groups is 3. The second-order valence-electron chi connectivity index (χ2n) is 10.8. The number of alkyl carbamates (subject to hydrolysis) is 1. The van der Waals surface area contributed by atoms with Gasteiger partial charge in [-0.2, -0.15) is 0 Å². The Morgan fingerprint density at radius 2 is 1.49 bits per heavy atom. The summed E-state index contributed by atoms with van der Waals surface area (Å²) >= 11 is 0. The molecule has 2 amide bonds. The van der Waals surface area contributed by atoms with Crippen LogP contribution in [0, 0.1) is 11.3 Å². The van der Waals surface area contributed by atoms with E-state index in [9.17, 15) is 19.5 Å². The van der Waals surface area contributed by atoms with Gasteiger partial charge in [0.1, 0.15) is 12.6 Å². The number of hydrogen-bond acceptors (Lipinski definition) is 4. The summed E-state index contributed by atoms with van der Waals surface area (Å²) in [5.41, 5.74) is 4.33. The van der Waals surface area contributed by atoms with Crippen molar-refractivity contribution in [2.24, 2.45) is 11.3 Å². The van der Waals surface area contributed by atoms with Gasteiger partial charge in [-0.05, 0) is 40.0 Å². The van der Waals surface area contributed by atoms with Crippen LogP contribution >= 0.6 is 0 Å². The molecular formula is C28H36N2O5. The van der Waals surface area contributed by atoms with Crippen LogP contribution in [0.4, 0.5) is 4.79 Å². The fourth-order valence-corrected chi connectivity index (χ4v) is 4.72. The number of nitrogens with one attached hydrogen (secondary N) is 2. The number of aliphatic carboxylic acids is 1. The Hall–Kier alpha value is -3.35. The van der Waals surface area contributed by atoms with E-state index < -0.39 is 30.1 Å². The summed E-state index contributed by atoms with van der Waals surface area (Å²) in [6.07, 6.45) is -0.356. The quantitative estimate of drug-likeness (QED) is 0.471. The minimum Gasteiger partial charge on any atom is -0.481 e. The van der Waals surface area contributed by atoms with Crippen molar-refractivity contribution in [1.29, 1.82) is 0 Å². The molecule has 3 N–H and O–H groups in total. The van der Waals surface area contributed by atoms with Crippen molar-refractivity contribution >= 4 is 18.0 Å². The standard InChI is InChI=1S/C28H36N2O5/c1-17(2)25(26(33)29-18(14-24(31)32)15-28(3,4)5)30-27(34)35-16-23-21-12-8-6-10-19(21)20-11-7-9-13-22(20)23/h6-13,17-18,23,25H,14-16H2,1-5H3,(H,29,33)(H,30,34)(H,31,32)/t18?,25-/m0/s1. The molecule has 2 aromatic rings. The number of carboxylic acids is 1. The molecule has 35 heavy (non-hydrogen) atoms. The topological polar surface area (TPSA) is 105 Å². The third kappa shape index (κ3) is 6.84. The number of ether oxygens (including phenoxy) is 1. The van der Waals surface area contributed by atoms with Crippen molar-refractivity contribution in [3.63, 3.8) is 0 Å². The number of benzene rings is 2. The lowest BCUT2D eigenvalue weighted by atomic mass is 9.86. The SMILES string of the molecule is CC(C)[C@H](NC(=O)OCC1c2ccccc2-c2ccccc21)C(=O)NC(CC(=O)O)CC(C)(C)C. The van der Waals surface area contributed by atoms with Gasteiger partial charge in [-0.1, -0.05) is 83.1 Å². The van der Waals surface area contributed by atoms with Crippen LogP contribution in [-0.2, 0) is 14.3 Å². The zero-order valence-electron chi connectivity index (χ0n) is 21.1. The van der Waals surface area contributed by atoms with E-state index in [-0.39, 0.29) is 30.3 Å². The predicted molar refractivity (Wildman–Crippen MR) is 135 cm³/mol. The van der Waals surface area contributed by atoms with E-state index in [1.807, 2.05) is 71.0 Å². The lowest BCUT2D eigenvalue weighted by molar-refractivity contribution is -0.138. The molecule has 2 atom stereocenters. The molecule has 0 saturated heterocycles. The van der Waals surface area contributed by atoms with Crippen LogP contribution in [0.3, 0.4) is 0 Å². The maximum atomic E-state index is 13.0. The Labute approximate surface area is 207 Å². The van der Waals surface area contributed by atoms with Crippen LogP contribution in [0.2, 0.25) is 0 Å². The van der Waals surface area contributed by atoms with Gasteiger partial charge >= 0.3 is 12.1 Å². The van der Waals surface area contributed by atoms with Gasteiger partial charge in [-0.3, -0.25) is 9.59 Å². The van der Waals surface area contributed by atoms with Gasteiger partial charge in [0, 0.05) is 12.0 Å². The van der Waals surface area contributed by atoms with Crippen molar-refractivity contribution in [1.82, 2.24) is 10.6 Å². The first-order chi connectivity index (χ1) is 16.5. The van der Waals surface area contributed by atoms with E-state index in [4.69, 9.17) is 4.74 Å². The van der Waals surface area contributed by atoms with E-state index in [1.165, 1.54) is 0 Å². The molecule has 0 radical (unpaired) electrons. The van der Waals surface area contributed by atoms with E-state index in [0.29, 0.717) is 6.42 Å². The predicted octanol–water partition coefficient (Wildman–Crippen LogP) is 4.95. The highest BCUT2D eigenvalue weighted by Gasteiger charge is 2.31. The number of fused-ring (bicyclic) bond motifs is 3. The van der Waals surface area contributed by atoms with Crippen LogP contribution in [0.15, 0.2) is 48.5 Å². The molecule has 1 unspecified atom stereocenters. The van der Waals surface area contributed by atoms with E-state index >= 15 is 0 Å². The third-order valence-corrected chi connectivity index (χ3v) is 6.19. The van der Waals surface area contributed by atoms with E-state index in [2.05, 4.69) is 22.8 Å². The van der Waals surface area contributed by atoms with E-state index in [1.54, 1.807) is 0 Å². The van der Waals surface area contributed by atoms with Crippen LogP contribution < -0.4 is 10.6 Å². The molecule has 0 bridgehead atoms. The second-order valence-corrected chi connectivity index (χ2v) is 10.8.